The van der Waals surface area contributed by atoms with Gasteiger partial charge >= 0.3 is 0 Å². The summed E-state index contributed by atoms with van der Waals surface area (Å²) in [5.41, 5.74) is 0.595. The van der Waals surface area contributed by atoms with E-state index in [1.807, 2.05) is 12.1 Å². The molecular weight excluding hydrogens is 142 g/mol. The first-order valence-electron chi connectivity index (χ1n) is 3.29. The molecule has 1 aromatic rings. The first-order valence-corrected chi connectivity index (χ1v) is 4.70. The Morgan fingerprint density at radius 3 is 2.90 bits per heavy atom. The third-order valence-electron chi connectivity index (χ3n) is 1.27. The van der Waals surface area contributed by atoms with E-state index in [-0.39, 0.29) is 5.78 Å². The molecule has 0 radical (unpaired) electrons. The van der Waals surface area contributed by atoms with Crippen LogP contribution >= 0.6 is 0 Å². The van der Waals surface area contributed by atoms with Gasteiger partial charge in [0.05, 0.1) is 0 Å². The minimum absolute atomic E-state index is 0.160. The lowest BCUT2D eigenvalue weighted by Crippen LogP contribution is -1.99. The number of rotatable bonds is 2. The Kier molecular flexibility index (Phi) is 2.34. The van der Waals surface area contributed by atoms with Gasteiger partial charge in [-0.3, -0.25) is 9.78 Å². The highest BCUT2D eigenvalue weighted by Crippen LogP contribution is 1.96. The van der Waals surface area contributed by atoms with Crippen LogP contribution in [0.2, 0.25) is 6.04 Å². The van der Waals surface area contributed by atoms with Crippen molar-refractivity contribution in [3.8, 4) is 0 Å². The normalized spacial score (nSPS) is 9.60. The molecule has 52 valence electrons. The summed E-state index contributed by atoms with van der Waals surface area (Å²) in [5.74, 6) is 0.160. The summed E-state index contributed by atoms with van der Waals surface area (Å²) in [6.45, 7) is 0. The van der Waals surface area contributed by atoms with Crippen LogP contribution in [-0.4, -0.2) is 21.0 Å². The number of carbonyl (C=O) groups is 1. The number of nitrogens with zero attached hydrogens (tertiary/aromatic N) is 1. The van der Waals surface area contributed by atoms with Crippen molar-refractivity contribution >= 4 is 16.0 Å². The molecule has 0 spiro atoms. The highest BCUT2D eigenvalue weighted by Gasteiger charge is 2.00. The monoisotopic (exact) mass is 151 g/mol. The lowest BCUT2D eigenvalue weighted by molar-refractivity contribution is 0.101. The third-order valence-corrected chi connectivity index (χ3v) is 1.91. The van der Waals surface area contributed by atoms with Gasteiger partial charge in [0.15, 0.2) is 5.78 Å². The first-order chi connectivity index (χ1) is 4.84. The molecule has 1 heterocycles. The summed E-state index contributed by atoms with van der Waals surface area (Å²) in [4.78, 5) is 14.9. The van der Waals surface area contributed by atoms with Gasteiger partial charge < -0.3 is 0 Å². The van der Waals surface area contributed by atoms with Crippen LogP contribution in [0.1, 0.15) is 10.5 Å². The van der Waals surface area contributed by atoms with Crippen molar-refractivity contribution in [2.75, 3.05) is 0 Å². The van der Waals surface area contributed by atoms with E-state index in [2.05, 4.69) is 4.98 Å². The van der Waals surface area contributed by atoms with E-state index in [1.165, 1.54) is 0 Å². The van der Waals surface area contributed by atoms with Gasteiger partial charge in [0.2, 0.25) is 0 Å². The van der Waals surface area contributed by atoms with Crippen LogP contribution in [0.3, 0.4) is 0 Å². The summed E-state index contributed by atoms with van der Waals surface area (Å²) in [6.07, 6.45) is 1.64. The van der Waals surface area contributed by atoms with E-state index >= 15 is 0 Å². The summed E-state index contributed by atoms with van der Waals surface area (Å²) >= 11 is 0. The zero-order valence-corrected chi connectivity index (χ0v) is 7.87. The second-order valence-electron chi connectivity index (χ2n) is 1.99. The van der Waals surface area contributed by atoms with E-state index in [0.29, 0.717) is 11.7 Å². The molecule has 0 saturated carbocycles. The van der Waals surface area contributed by atoms with Crippen molar-refractivity contribution in [3.05, 3.63) is 30.1 Å². The van der Waals surface area contributed by atoms with Gasteiger partial charge in [-0.25, -0.2) is 0 Å². The number of ketones is 1. The van der Waals surface area contributed by atoms with E-state index in [1.54, 1.807) is 12.3 Å². The first kappa shape index (κ1) is 7.15. The number of aromatic nitrogens is 1. The van der Waals surface area contributed by atoms with Crippen molar-refractivity contribution in [3.63, 3.8) is 0 Å². The van der Waals surface area contributed by atoms with Crippen LogP contribution in [0.4, 0.5) is 0 Å². The number of hydrogen-bond donors (Lipinski definition) is 0. The van der Waals surface area contributed by atoms with Crippen LogP contribution in [0.25, 0.3) is 0 Å². The molecule has 0 aromatic carbocycles. The van der Waals surface area contributed by atoms with Gasteiger partial charge in [-0.2, -0.15) is 0 Å². The molecule has 0 aliphatic carbocycles. The second kappa shape index (κ2) is 3.27. The molecule has 0 N–H and O–H groups in total. The number of pyridine rings is 1. The quantitative estimate of drug-likeness (QED) is 0.441. The van der Waals surface area contributed by atoms with Crippen LogP contribution < -0.4 is 0 Å². The zero-order chi connectivity index (χ0) is 7.40. The molecule has 0 bridgehead atoms. The molecule has 1 aromatic heterocycles. The average Bonchev–Trinajstić information content (AvgIpc) is 2.05. The van der Waals surface area contributed by atoms with Crippen molar-refractivity contribution in [2.24, 2.45) is 0 Å². The molecule has 3 heteroatoms. The van der Waals surface area contributed by atoms with Crippen LogP contribution in [0.15, 0.2) is 24.4 Å². The standard InChI is InChI=1S/C7H9NOSi/c9-7(5-10)6-3-1-2-4-8-6/h1-4H,5H2,10H3. The van der Waals surface area contributed by atoms with E-state index in [0.717, 1.165) is 10.2 Å². The Balaban J connectivity index is 2.85. The summed E-state index contributed by atoms with van der Waals surface area (Å²) < 4.78 is 0. The van der Waals surface area contributed by atoms with Crippen LogP contribution in [0.5, 0.6) is 0 Å². The third kappa shape index (κ3) is 1.51. The fourth-order valence-corrected chi connectivity index (χ4v) is 1.07. The predicted octanol–water partition coefficient (Wildman–Crippen LogP) is 0.0480. The molecule has 0 atom stereocenters. The largest absolute Gasteiger partial charge is 0.293 e. The van der Waals surface area contributed by atoms with E-state index in [4.69, 9.17) is 0 Å². The maximum absolute atomic E-state index is 11.0. The highest BCUT2D eigenvalue weighted by molar-refractivity contribution is 6.23. The molecule has 2 nitrogen and oxygen atoms in total. The number of carbonyl (C=O) groups excluding carboxylic acids is 1. The van der Waals surface area contributed by atoms with Gasteiger partial charge in [-0.05, 0) is 18.2 Å². The van der Waals surface area contributed by atoms with Gasteiger partial charge in [-0.15, -0.1) is 0 Å². The Hall–Kier alpha value is -0.963. The molecular formula is C7H9NOSi. The molecule has 0 fully saturated rings. The van der Waals surface area contributed by atoms with E-state index < -0.39 is 0 Å². The van der Waals surface area contributed by atoms with Crippen LogP contribution in [-0.2, 0) is 0 Å². The second-order valence-corrected chi connectivity index (χ2v) is 2.70. The Morgan fingerprint density at radius 2 is 2.40 bits per heavy atom. The van der Waals surface area contributed by atoms with Crippen molar-refractivity contribution < 1.29 is 4.79 Å². The summed E-state index contributed by atoms with van der Waals surface area (Å²) in [5, 5.41) is 0. The summed E-state index contributed by atoms with van der Waals surface area (Å²) in [6, 6.07) is 6.05. The molecule has 0 aliphatic heterocycles. The molecule has 10 heavy (non-hydrogen) atoms. The summed E-state index contributed by atoms with van der Waals surface area (Å²) in [7, 11) is 0.918. The topological polar surface area (TPSA) is 30.0 Å². The number of Topliss-reactive ketones (excluding diaryl/α,β-unsaturated/α-hetero) is 1. The fourth-order valence-electron chi connectivity index (χ4n) is 0.709. The van der Waals surface area contributed by atoms with Gasteiger partial charge in [0.25, 0.3) is 0 Å². The minimum Gasteiger partial charge on any atom is -0.293 e. The average molecular weight is 151 g/mol. The smallest absolute Gasteiger partial charge is 0.177 e. The van der Waals surface area contributed by atoms with Crippen molar-refractivity contribution in [2.45, 2.75) is 6.04 Å². The van der Waals surface area contributed by atoms with E-state index in [9.17, 15) is 4.79 Å². The predicted molar refractivity (Wildman–Crippen MR) is 43.3 cm³/mol. The molecule has 0 aliphatic rings. The highest BCUT2D eigenvalue weighted by atomic mass is 28.1. The maximum atomic E-state index is 11.0. The minimum atomic E-state index is 0.160. The molecule has 1 rings (SSSR count). The van der Waals surface area contributed by atoms with Gasteiger partial charge in [0.1, 0.15) is 5.69 Å². The fraction of sp³-hybridized carbons (Fsp3) is 0.143. The molecule has 0 unspecified atom stereocenters. The van der Waals surface area contributed by atoms with Crippen molar-refractivity contribution in [1.29, 1.82) is 0 Å². The lowest BCUT2D eigenvalue weighted by Gasteiger charge is -1.92. The Bertz CT molecular complexity index is 222. The van der Waals surface area contributed by atoms with Gasteiger partial charge in [0, 0.05) is 16.4 Å². The number of hydrogen-bond acceptors (Lipinski definition) is 2. The lowest BCUT2D eigenvalue weighted by atomic mass is 10.3. The van der Waals surface area contributed by atoms with Crippen molar-refractivity contribution in [1.82, 2.24) is 4.98 Å². The molecule has 0 amide bonds. The van der Waals surface area contributed by atoms with Gasteiger partial charge in [-0.1, -0.05) is 6.07 Å². The Labute approximate surface area is 62.7 Å². The van der Waals surface area contributed by atoms with Crippen LogP contribution in [0, 0.1) is 0 Å². The molecule has 0 saturated heterocycles. The Morgan fingerprint density at radius 1 is 1.60 bits per heavy atom. The maximum Gasteiger partial charge on any atom is 0.177 e. The zero-order valence-electron chi connectivity index (χ0n) is 5.87. The SMILES string of the molecule is O=C(C[SiH3])c1ccccn1.